The summed E-state index contributed by atoms with van der Waals surface area (Å²) >= 11 is 0. The Morgan fingerprint density at radius 2 is 1.46 bits per heavy atom. The van der Waals surface area contributed by atoms with Gasteiger partial charge in [0.15, 0.2) is 0 Å². The minimum Gasteiger partial charge on any atom is -0.490 e. The zero-order valence-electron chi connectivity index (χ0n) is 15.2. The van der Waals surface area contributed by atoms with Crippen LogP contribution < -0.4 is 20.2 Å². The average Bonchev–Trinajstić information content (AvgIpc) is 2.73. The second-order valence-corrected chi connectivity index (χ2v) is 5.77. The molecule has 0 aliphatic carbocycles. The number of nitrogens with zero attached hydrogens (tertiary/aromatic N) is 1. The molecule has 0 radical (unpaired) electrons. The molecule has 142 valence electrons. The zero-order chi connectivity index (χ0) is 19.4. The third-order valence-corrected chi connectivity index (χ3v) is 3.63. The van der Waals surface area contributed by atoms with Gasteiger partial charge in [-0.05, 0) is 42.0 Å². The molecule has 0 saturated carbocycles. The number of ether oxygens (including phenoxy) is 2. The van der Waals surface area contributed by atoms with Gasteiger partial charge in [0.1, 0.15) is 24.7 Å². The van der Waals surface area contributed by atoms with Crippen LogP contribution in [0.25, 0.3) is 0 Å². The molecule has 0 atom stereocenters. The Kier molecular flexibility index (Phi) is 7.03. The van der Waals surface area contributed by atoms with Gasteiger partial charge >= 0.3 is 6.03 Å². The summed E-state index contributed by atoms with van der Waals surface area (Å²) in [6.45, 7) is 0.872. The maximum Gasteiger partial charge on any atom is 0.339 e. The molecule has 0 heterocycles. The van der Waals surface area contributed by atoms with Crippen LogP contribution in [0, 0.1) is 0 Å². The number of nitrogens with one attached hydrogen (secondary N) is 2. The molecule has 0 aromatic heterocycles. The van der Waals surface area contributed by atoms with E-state index >= 15 is 0 Å². The number of para-hydroxylation sites is 2. The van der Waals surface area contributed by atoms with Gasteiger partial charge in [0, 0.05) is 5.69 Å². The van der Waals surface area contributed by atoms with E-state index in [0.29, 0.717) is 24.7 Å². The molecule has 0 saturated heterocycles. The summed E-state index contributed by atoms with van der Waals surface area (Å²) < 4.78 is 11.3. The number of carbonyl (C=O) groups excluding carboxylic acids is 1. The number of amides is 2. The summed E-state index contributed by atoms with van der Waals surface area (Å²) in [5.74, 6) is 1.51. The molecule has 0 spiro atoms. The molecule has 0 aliphatic heterocycles. The predicted molar refractivity (Wildman–Crippen MR) is 110 cm³/mol. The summed E-state index contributed by atoms with van der Waals surface area (Å²) in [7, 11) is 0. The standard InChI is InChI=1S/C22H21N3O3/c26-22(24-19-9-3-1-4-10-19)25-23-17-18-8-7-13-21(16-18)28-15-14-27-20-11-5-2-6-12-20/h1-13,16-17H,14-15H2,(H2,24,25,26)/b23-17+. The van der Waals surface area contributed by atoms with Crippen LogP contribution in [0.1, 0.15) is 5.56 Å². The van der Waals surface area contributed by atoms with E-state index < -0.39 is 6.03 Å². The Morgan fingerprint density at radius 3 is 2.21 bits per heavy atom. The van der Waals surface area contributed by atoms with E-state index in [1.54, 1.807) is 18.3 Å². The number of hydrogen-bond donors (Lipinski definition) is 2. The minimum atomic E-state index is -0.409. The highest BCUT2D eigenvalue weighted by molar-refractivity contribution is 5.90. The molecule has 0 bridgehead atoms. The van der Waals surface area contributed by atoms with Gasteiger partial charge in [0.05, 0.1) is 6.21 Å². The number of carbonyl (C=O) groups is 1. The topological polar surface area (TPSA) is 72.0 Å². The second kappa shape index (κ2) is 10.4. The van der Waals surface area contributed by atoms with Crippen LogP contribution in [-0.4, -0.2) is 25.5 Å². The van der Waals surface area contributed by atoms with Crippen LogP contribution in [0.4, 0.5) is 10.5 Å². The Balaban J connectivity index is 1.42. The third-order valence-electron chi connectivity index (χ3n) is 3.63. The molecule has 3 aromatic rings. The number of urea groups is 1. The molecule has 28 heavy (non-hydrogen) atoms. The summed E-state index contributed by atoms with van der Waals surface area (Å²) in [4.78, 5) is 11.8. The molecule has 0 fully saturated rings. The smallest absolute Gasteiger partial charge is 0.339 e. The zero-order valence-corrected chi connectivity index (χ0v) is 15.2. The molecule has 3 aromatic carbocycles. The number of anilines is 1. The summed E-state index contributed by atoms with van der Waals surface area (Å²) in [6.07, 6.45) is 1.55. The van der Waals surface area contributed by atoms with Crippen molar-refractivity contribution in [3.8, 4) is 11.5 Å². The molecule has 6 nitrogen and oxygen atoms in total. The fourth-order valence-electron chi connectivity index (χ4n) is 2.37. The molecule has 3 rings (SSSR count). The van der Waals surface area contributed by atoms with Gasteiger partial charge in [-0.25, -0.2) is 10.2 Å². The van der Waals surface area contributed by atoms with Crippen molar-refractivity contribution in [2.45, 2.75) is 0 Å². The van der Waals surface area contributed by atoms with Crippen LogP contribution in [0.3, 0.4) is 0 Å². The van der Waals surface area contributed by atoms with Crippen molar-refractivity contribution in [3.63, 3.8) is 0 Å². The van der Waals surface area contributed by atoms with Gasteiger partial charge in [-0.3, -0.25) is 0 Å². The van der Waals surface area contributed by atoms with Gasteiger partial charge in [0.25, 0.3) is 0 Å². The third kappa shape index (κ3) is 6.49. The minimum absolute atomic E-state index is 0.409. The normalized spacial score (nSPS) is 10.4. The highest BCUT2D eigenvalue weighted by Crippen LogP contribution is 2.13. The van der Waals surface area contributed by atoms with Crippen LogP contribution in [0.15, 0.2) is 90.0 Å². The van der Waals surface area contributed by atoms with E-state index in [9.17, 15) is 4.79 Å². The molecular weight excluding hydrogens is 354 g/mol. The largest absolute Gasteiger partial charge is 0.490 e. The molecular formula is C22H21N3O3. The van der Waals surface area contributed by atoms with E-state index in [2.05, 4.69) is 15.8 Å². The number of rotatable bonds is 8. The van der Waals surface area contributed by atoms with E-state index in [0.717, 1.165) is 11.3 Å². The van der Waals surface area contributed by atoms with Gasteiger partial charge in [-0.2, -0.15) is 5.10 Å². The van der Waals surface area contributed by atoms with E-state index in [4.69, 9.17) is 9.47 Å². The van der Waals surface area contributed by atoms with Crippen molar-refractivity contribution in [1.29, 1.82) is 0 Å². The molecule has 2 amide bonds. The first kappa shape index (κ1) is 19.0. The highest BCUT2D eigenvalue weighted by Gasteiger charge is 1.99. The number of hydrogen-bond acceptors (Lipinski definition) is 4. The van der Waals surface area contributed by atoms with Crippen molar-refractivity contribution in [2.75, 3.05) is 18.5 Å². The Labute approximate surface area is 163 Å². The van der Waals surface area contributed by atoms with E-state index in [1.165, 1.54) is 0 Å². The van der Waals surface area contributed by atoms with Gasteiger partial charge < -0.3 is 14.8 Å². The van der Waals surface area contributed by atoms with Crippen LogP contribution >= 0.6 is 0 Å². The van der Waals surface area contributed by atoms with Crippen LogP contribution in [0.2, 0.25) is 0 Å². The van der Waals surface area contributed by atoms with E-state index in [-0.39, 0.29) is 0 Å². The van der Waals surface area contributed by atoms with Crippen LogP contribution in [-0.2, 0) is 0 Å². The van der Waals surface area contributed by atoms with Crippen molar-refractivity contribution in [2.24, 2.45) is 5.10 Å². The first-order valence-electron chi connectivity index (χ1n) is 8.85. The lowest BCUT2D eigenvalue weighted by Crippen LogP contribution is -2.24. The first-order valence-corrected chi connectivity index (χ1v) is 8.85. The quantitative estimate of drug-likeness (QED) is 0.350. The maximum atomic E-state index is 11.8. The molecule has 6 heteroatoms. The Hall–Kier alpha value is -3.80. The van der Waals surface area contributed by atoms with Gasteiger partial charge in [0.2, 0.25) is 0 Å². The average molecular weight is 375 g/mol. The van der Waals surface area contributed by atoms with Crippen molar-refractivity contribution < 1.29 is 14.3 Å². The van der Waals surface area contributed by atoms with Crippen molar-refractivity contribution in [3.05, 3.63) is 90.5 Å². The lowest BCUT2D eigenvalue weighted by atomic mass is 10.2. The summed E-state index contributed by atoms with van der Waals surface area (Å²) in [6, 6.07) is 25.8. The lowest BCUT2D eigenvalue weighted by molar-refractivity contribution is 0.217. The second-order valence-electron chi connectivity index (χ2n) is 5.77. The fourth-order valence-corrected chi connectivity index (χ4v) is 2.37. The molecule has 0 unspecified atom stereocenters. The monoisotopic (exact) mass is 375 g/mol. The van der Waals surface area contributed by atoms with Crippen LogP contribution in [0.5, 0.6) is 11.5 Å². The Bertz CT molecular complexity index is 899. The lowest BCUT2D eigenvalue weighted by Gasteiger charge is -2.08. The van der Waals surface area contributed by atoms with Crippen molar-refractivity contribution in [1.82, 2.24) is 5.43 Å². The maximum absolute atomic E-state index is 11.8. The fraction of sp³-hybridized carbons (Fsp3) is 0.0909. The number of benzene rings is 3. The molecule has 2 N–H and O–H groups in total. The summed E-state index contributed by atoms with van der Waals surface area (Å²) in [5, 5.41) is 6.63. The highest BCUT2D eigenvalue weighted by atomic mass is 16.5. The van der Waals surface area contributed by atoms with Gasteiger partial charge in [-0.15, -0.1) is 0 Å². The Morgan fingerprint density at radius 1 is 0.821 bits per heavy atom. The SMILES string of the molecule is O=C(N/N=C/c1cccc(OCCOc2ccccc2)c1)Nc1ccccc1. The first-order chi connectivity index (χ1) is 13.8. The predicted octanol–water partition coefficient (Wildman–Crippen LogP) is 4.30. The molecule has 0 aliphatic rings. The van der Waals surface area contributed by atoms with E-state index in [1.807, 2.05) is 72.8 Å². The van der Waals surface area contributed by atoms with Crippen molar-refractivity contribution >= 4 is 17.9 Å². The van der Waals surface area contributed by atoms with Gasteiger partial charge in [-0.1, -0.05) is 48.5 Å². The summed E-state index contributed by atoms with van der Waals surface area (Å²) in [5.41, 5.74) is 3.93. The number of hydrazone groups is 1.